The van der Waals surface area contributed by atoms with Gasteiger partial charge in [0.15, 0.2) is 0 Å². The van der Waals surface area contributed by atoms with Crippen LogP contribution in [-0.2, 0) is 6.54 Å². The molecule has 1 aliphatic heterocycles. The van der Waals surface area contributed by atoms with E-state index >= 15 is 0 Å². The van der Waals surface area contributed by atoms with Crippen LogP contribution in [0.4, 0.5) is 4.79 Å². The van der Waals surface area contributed by atoms with Crippen molar-refractivity contribution in [3.63, 3.8) is 0 Å². The summed E-state index contributed by atoms with van der Waals surface area (Å²) in [5.41, 5.74) is 2.08. The number of aromatic nitrogens is 1. The van der Waals surface area contributed by atoms with E-state index in [-0.39, 0.29) is 12.1 Å². The van der Waals surface area contributed by atoms with Crippen molar-refractivity contribution in [1.29, 1.82) is 0 Å². The first-order valence-electron chi connectivity index (χ1n) is 8.49. The molecule has 1 aromatic heterocycles. The Morgan fingerprint density at radius 3 is 2.56 bits per heavy atom. The molecule has 0 atom stereocenters. The number of hydrogen-bond acceptors (Lipinski definition) is 4. The molecule has 0 spiro atoms. The molecule has 1 aliphatic rings. The van der Waals surface area contributed by atoms with Crippen molar-refractivity contribution in [1.82, 2.24) is 20.1 Å². The van der Waals surface area contributed by atoms with E-state index in [1.54, 1.807) is 11.3 Å². The van der Waals surface area contributed by atoms with Crippen molar-refractivity contribution in [2.75, 3.05) is 26.2 Å². The monoisotopic (exact) mass is 378 g/mol. The summed E-state index contributed by atoms with van der Waals surface area (Å²) in [4.78, 5) is 21.0. The van der Waals surface area contributed by atoms with E-state index in [1.165, 1.54) is 0 Å². The van der Waals surface area contributed by atoms with Gasteiger partial charge in [-0.3, -0.25) is 4.90 Å². The van der Waals surface area contributed by atoms with Crippen molar-refractivity contribution in [2.45, 2.75) is 26.4 Å². The van der Waals surface area contributed by atoms with Gasteiger partial charge in [0.25, 0.3) is 0 Å². The molecular formula is C18H23ClN4OS. The standard InChI is InChI=1S/C18H23ClN4OS/c1-13(2)20-18(24)23-9-7-22(8-10-23)11-17-21-16(12-25-17)14-3-5-15(19)6-4-14/h3-6,12-13H,7-11H2,1-2H3,(H,20,24). The van der Waals surface area contributed by atoms with Gasteiger partial charge in [0.2, 0.25) is 0 Å². The van der Waals surface area contributed by atoms with E-state index in [4.69, 9.17) is 16.6 Å². The number of urea groups is 1. The number of piperazine rings is 1. The van der Waals surface area contributed by atoms with Crippen LogP contribution in [-0.4, -0.2) is 53.0 Å². The van der Waals surface area contributed by atoms with Gasteiger partial charge >= 0.3 is 6.03 Å². The largest absolute Gasteiger partial charge is 0.336 e. The zero-order valence-electron chi connectivity index (χ0n) is 14.5. The molecule has 0 unspecified atom stereocenters. The highest BCUT2D eigenvalue weighted by Gasteiger charge is 2.22. The summed E-state index contributed by atoms with van der Waals surface area (Å²) in [6.45, 7) is 8.06. The topological polar surface area (TPSA) is 48.5 Å². The van der Waals surface area contributed by atoms with Crippen molar-refractivity contribution in [3.05, 3.63) is 39.7 Å². The minimum absolute atomic E-state index is 0.0360. The lowest BCUT2D eigenvalue weighted by Gasteiger charge is -2.34. The summed E-state index contributed by atoms with van der Waals surface area (Å²) >= 11 is 7.62. The van der Waals surface area contributed by atoms with E-state index in [0.717, 1.165) is 54.0 Å². The van der Waals surface area contributed by atoms with Gasteiger partial charge in [0.05, 0.1) is 12.2 Å². The van der Waals surface area contributed by atoms with Crippen LogP contribution in [0.2, 0.25) is 5.02 Å². The summed E-state index contributed by atoms with van der Waals surface area (Å²) in [5, 5.41) is 6.88. The molecule has 0 bridgehead atoms. The molecule has 1 fully saturated rings. The second-order valence-corrected chi connectivity index (χ2v) is 7.88. The maximum absolute atomic E-state index is 12.0. The Bertz CT molecular complexity index is 708. The lowest BCUT2D eigenvalue weighted by molar-refractivity contribution is 0.134. The molecule has 3 rings (SSSR count). The second kappa shape index (κ2) is 8.17. The average Bonchev–Trinajstić information content (AvgIpc) is 3.04. The number of carbonyl (C=O) groups is 1. The van der Waals surface area contributed by atoms with Crippen molar-refractivity contribution in [2.24, 2.45) is 0 Å². The fourth-order valence-electron chi connectivity index (χ4n) is 2.78. The average molecular weight is 379 g/mol. The number of halogens is 1. The van der Waals surface area contributed by atoms with Crippen LogP contribution in [0.1, 0.15) is 18.9 Å². The molecule has 5 nitrogen and oxygen atoms in total. The Hall–Kier alpha value is -1.63. The molecule has 0 radical (unpaired) electrons. The molecule has 134 valence electrons. The second-order valence-electron chi connectivity index (χ2n) is 6.50. The van der Waals surface area contributed by atoms with Gasteiger partial charge in [-0.05, 0) is 26.0 Å². The van der Waals surface area contributed by atoms with Gasteiger partial charge in [0, 0.05) is 48.2 Å². The van der Waals surface area contributed by atoms with Crippen molar-refractivity contribution in [3.8, 4) is 11.3 Å². The highest BCUT2D eigenvalue weighted by Crippen LogP contribution is 2.24. The smallest absolute Gasteiger partial charge is 0.317 e. The first kappa shape index (κ1) is 18.2. The molecule has 2 heterocycles. The summed E-state index contributed by atoms with van der Waals surface area (Å²) in [5.74, 6) is 0. The van der Waals surface area contributed by atoms with Crippen LogP contribution in [0, 0.1) is 0 Å². The van der Waals surface area contributed by atoms with Crippen LogP contribution in [0.3, 0.4) is 0 Å². The van der Waals surface area contributed by atoms with E-state index in [0.29, 0.717) is 0 Å². The molecular weight excluding hydrogens is 356 g/mol. The minimum Gasteiger partial charge on any atom is -0.336 e. The predicted molar refractivity (Wildman–Crippen MR) is 103 cm³/mol. The van der Waals surface area contributed by atoms with Gasteiger partial charge < -0.3 is 10.2 Å². The number of nitrogens with zero attached hydrogens (tertiary/aromatic N) is 3. The van der Waals surface area contributed by atoms with Crippen molar-refractivity contribution >= 4 is 29.0 Å². The molecule has 1 aromatic carbocycles. The van der Waals surface area contributed by atoms with Crippen LogP contribution in [0.15, 0.2) is 29.6 Å². The van der Waals surface area contributed by atoms with E-state index in [1.807, 2.05) is 43.0 Å². The number of carbonyl (C=O) groups excluding carboxylic acids is 1. The summed E-state index contributed by atoms with van der Waals surface area (Å²) in [6.07, 6.45) is 0. The third-order valence-electron chi connectivity index (χ3n) is 4.12. The van der Waals surface area contributed by atoms with Crippen LogP contribution >= 0.6 is 22.9 Å². The van der Waals surface area contributed by atoms with Crippen LogP contribution < -0.4 is 5.32 Å². The van der Waals surface area contributed by atoms with E-state index in [9.17, 15) is 4.79 Å². The number of benzene rings is 1. The van der Waals surface area contributed by atoms with Crippen LogP contribution in [0.25, 0.3) is 11.3 Å². The number of hydrogen-bond donors (Lipinski definition) is 1. The van der Waals surface area contributed by atoms with Gasteiger partial charge in [-0.25, -0.2) is 9.78 Å². The van der Waals surface area contributed by atoms with E-state index < -0.39 is 0 Å². The predicted octanol–water partition coefficient (Wildman–Crippen LogP) is 3.70. The Morgan fingerprint density at radius 2 is 1.92 bits per heavy atom. The van der Waals surface area contributed by atoms with Gasteiger partial charge in [-0.15, -0.1) is 11.3 Å². The molecule has 7 heteroatoms. The lowest BCUT2D eigenvalue weighted by atomic mass is 10.2. The third kappa shape index (κ3) is 4.93. The number of nitrogens with one attached hydrogen (secondary N) is 1. The molecule has 25 heavy (non-hydrogen) atoms. The first-order valence-corrected chi connectivity index (χ1v) is 9.75. The maximum atomic E-state index is 12.0. The molecule has 1 saturated heterocycles. The Morgan fingerprint density at radius 1 is 1.24 bits per heavy atom. The van der Waals surface area contributed by atoms with Crippen LogP contribution in [0.5, 0.6) is 0 Å². The summed E-state index contributed by atoms with van der Waals surface area (Å²) in [7, 11) is 0. The normalized spacial score (nSPS) is 15.6. The molecule has 0 aliphatic carbocycles. The molecule has 2 aromatic rings. The Labute approximate surface area is 157 Å². The molecule has 2 amide bonds. The van der Waals surface area contributed by atoms with Gasteiger partial charge in [-0.2, -0.15) is 0 Å². The fraction of sp³-hybridized carbons (Fsp3) is 0.444. The molecule has 1 N–H and O–H groups in total. The quantitative estimate of drug-likeness (QED) is 0.882. The Kier molecular flexibility index (Phi) is 5.93. The first-order chi connectivity index (χ1) is 12.0. The lowest BCUT2D eigenvalue weighted by Crippen LogP contribution is -2.52. The van der Waals surface area contributed by atoms with Gasteiger partial charge in [0.1, 0.15) is 5.01 Å². The van der Waals surface area contributed by atoms with Gasteiger partial charge in [-0.1, -0.05) is 23.7 Å². The summed E-state index contributed by atoms with van der Waals surface area (Å²) in [6, 6.07) is 7.97. The highest BCUT2D eigenvalue weighted by atomic mass is 35.5. The molecule has 0 saturated carbocycles. The van der Waals surface area contributed by atoms with Crippen molar-refractivity contribution < 1.29 is 4.79 Å². The highest BCUT2D eigenvalue weighted by molar-refractivity contribution is 7.09. The SMILES string of the molecule is CC(C)NC(=O)N1CCN(Cc2nc(-c3ccc(Cl)cc3)cs2)CC1. The maximum Gasteiger partial charge on any atom is 0.317 e. The minimum atomic E-state index is 0.0360. The zero-order valence-corrected chi connectivity index (χ0v) is 16.1. The zero-order chi connectivity index (χ0) is 17.8. The number of amides is 2. The van der Waals surface area contributed by atoms with E-state index in [2.05, 4.69) is 15.6 Å². The third-order valence-corrected chi connectivity index (χ3v) is 5.21. The summed E-state index contributed by atoms with van der Waals surface area (Å²) < 4.78 is 0. The number of thiazole rings is 1. The fourth-order valence-corrected chi connectivity index (χ4v) is 3.75. The number of rotatable bonds is 4. The Balaban J connectivity index is 1.53.